The minimum absolute atomic E-state index is 0.245. The third-order valence-electron chi connectivity index (χ3n) is 3.34. The number of hydrogen-bond donors (Lipinski definition) is 0. The van der Waals surface area contributed by atoms with Gasteiger partial charge in [-0.05, 0) is 33.0 Å². The largest absolute Gasteiger partial charge is 0.347 e. The van der Waals surface area contributed by atoms with Crippen molar-refractivity contribution in [3.05, 3.63) is 27.9 Å². The molecule has 17 heavy (non-hydrogen) atoms. The van der Waals surface area contributed by atoms with Gasteiger partial charge in [0.05, 0.1) is 11.3 Å². The molecule has 0 N–H and O–H groups in total. The lowest BCUT2D eigenvalue weighted by atomic mass is 9.91. The molecule has 0 radical (unpaired) electrons. The summed E-state index contributed by atoms with van der Waals surface area (Å²) >= 11 is 0. The standard InChI is InChI=1S/C12H16N4O/c1-15-5-3-9(4-6-15)11-10(7-13)8-16(2)12(17)14-11/h8-9H,3-6H2,1-2H3. The van der Waals surface area contributed by atoms with Gasteiger partial charge in [0.15, 0.2) is 0 Å². The molecule has 0 spiro atoms. The van der Waals surface area contributed by atoms with E-state index in [4.69, 9.17) is 5.26 Å². The molecule has 1 aromatic heterocycles. The second-order valence-corrected chi connectivity index (χ2v) is 4.62. The maximum Gasteiger partial charge on any atom is 0.347 e. The molecule has 0 saturated carbocycles. The Bertz CT molecular complexity index is 506. The van der Waals surface area contributed by atoms with Crippen molar-refractivity contribution in [2.45, 2.75) is 18.8 Å². The van der Waals surface area contributed by atoms with E-state index >= 15 is 0 Å². The van der Waals surface area contributed by atoms with E-state index in [2.05, 4.69) is 23.0 Å². The van der Waals surface area contributed by atoms with Crippen LogP contribution in [0.2, 0.25) is 0 Å². The minimum Gasteiger partial charge on any atom is -0.306 e. The fourth-order valence-electron chi connectivity index (χ4n) is 2.24. The normalized spacial score (nSPS) is 17.9. The molecule has 0 aliphatic carbocycles. The molecular formula is C12H16N4O. The Labute approximate surface area is 100 Å². The van der Waals surface area contributed by atoms with Crippen LogP contribution < -0.4 is 5.69 Å². The highest BCUT2D eigenvalue weighted by Gasteiger charge is 2.22. The Hall–Kier alpha value is -1.67. The molecule has 0 amide bonds. The molecule has 5 heteroatoms. The van der Waals surface area contributed by atoms with Crippen molar-refractivity contribution >= 4 is 0 Å². The highest BCUT2D eigenvalue weighted by Crippen LogP contribution is 2.27. The van der Waals surface area contributed by atoms with Gasteiger partial charge in [0.25, 0.3) is 0 Å². The summed E-state index contributed by atoms with van der Waals surface area (Å²) in [5.74, 6) is 0.245. The van der Waals surface area contributed by atoms with E-state index in [1.54, 1.807) is 13.2 Å². The number of likely N-dealkylation sites (tertiary alicyclic amines) is 1. The summed E-state index contributed by atoms with van der Waals surface area (Å²) in [5.41, 5.74) is 0.934. The Balaban J connectivity index is 2.35. The van der Waals surface area contributed by atoms with Gasteiger partial charge in [-0.1, -0.05) is 0 Å². The molecule has 1 aromatic rings. The Morgan fingerprint density at radius 3 is 2.65 bits per heavy atom. The molecule has 1 aliphatic rings. The van der Waals surface area contributed by atoms with Gasteiger partial charge in [-0.15, -0.1) is 0 Å². The highest BCUT2D eigenvalue weighted by molar-refractivity contribution is 5.33. The molecule has 1 aliphatic heterocycles. The average Bonchev–Trinajstić information content (AvgIpc) is 2.33. The molecule has 0 bridgehead atoms. The van der Waals surface area contributed by atoms with Crippen molar-refractivity contribution in [1.82, 2.24) is 14.5 Å². The fourth-order valence-corrected chi connectivity index (χ4v) is 2.24. The third-order valence-corrected chi connectivity index (χ3v) is 3.34. The SMILES string of the molecule is CN1CCC(c2nc(=O)n(C)cc2C#N)CC1. The first kappa shape index (κ1) is 11.8. The third kappa shape index (κ3) is 2.37. The zero-order valence-corrected chi connectivity index (χ0v) is 10.2. The van der Waals surface area contributed by atoms with Gasteiger partial charge in [0.2, 0.25) is 0 Å². The van der Waals surface area contributed by atoms with Gasteiger partial charge in [-0.25, -0.2) is 4.79 Å². The van der Waals surface area contributed by atoms with Crippen LogP contribution in [-0.4, -0.2) is 34.6 Å². The van der Waals surface area contributed by atoms with Crippen LogP contribution in [0.15, 0.2) is 11.0 Å². The lowest BCUT2D eigenvalue weighted by Crippen LogP contribution is -2.31. The zero-order valence-electron chi connectivity index (χ0n) is 10.2. The van der Waals surface area contributed by atoms with E-state index in [1.807, 2.05) is 0 Å². The first-order valence-corrected chi connectivity index (χ1v) is 5.78. The predicted molar refractivity (Wildman–Crippen MR) is 63.7 cm³/mol. The minimum atomic E-state index is -0.280. The van der Waals surface area contributed by atoms with Crippen molar-refractivity contribution in [3.63, 3.8) is 0 Å². The van der Waals surface area contributed by atoms with E-state index in [-0.39, 0.29) is 11.6 Å². The van der Waals surface area contributed by atoms with Gasteiger partial charge in [-0.2, -0.15) is 10.2 Å². The molecule has 5 nitrogen and oxygen atoms in total. The van der Waals surface area contributed by atoms with Crippen molar-refractivity contribution in [2.24, 2.45) is 7.05 Å². The number of aryl methyl sites for hydroxylation is 1. The van der Waals surface area contributed by atoms with E-state index in [9.17, 15) is 4.79 Å². The highest BCUT2D eigenvalue weighted by atomic mass is 16.1. The van der Waals surface area contributed by atoms with Crippen molar-refractivity contribution in [3.8, 4) is 6.07 Å². The zero-order chi connectivity index (χ0) is 12.4. The maximum absolute atomic E-state index is 11.5. The van der Waals surface area contributed by atoms with Crippen molar-refractivity contribution < 1.29 is 0 Å². The second-order valence-electron chi connectivity index (χ2n) is 4.62. The van der Waals surface area contributed by atoms with Gasteiger partial charge in [-0.3, -0.25) is 0 Å². The lowest BCUT2D eigenvalue weighted by Gasteiger charge is -2.28. The van der Waals surface area contributed by atoms with Crippen LogP contribution in [0.3, 0.4) is 0 Å². The van der Waals surface area contributed by atoms with Crippen LogP contribution >= 0.6 is 0 Å². The quantitative estimate of drug-likeness (QED) is 0.705. The van der Waals surface area contributed by atoms with Gasteiger partial charge < -0.3 is 9.47 Å². The predicted octanol–water partition coefficient (Wildman–Crippen LogP) is 0.461. The molecular weight excluding hydrogens is 216 g/mol. The molecule has 1 saturated heterocycles. The van der Waals surface area contributed by atoms with Crippen LogP contribution in [0.5, 0.6) is 0 Å². The maximum atomic E-state index is 11.5. The number of aromatic nitrogens is 2. The lowest BCUT2D eigenvalue weighted by molar-refractivity contribution is 0.253. The molecule has 0 unspecified atom stereocenters. The summed E-state index contributed by atoms with van der Waals surface area (Å²) < 4.78 is 1.36. The average molecular weight is 232 g/mol. The monoisotopic (exact) mass is 232 g/mol. The van der Waals surface area contributed by atoms with Crippen LogP contribution in [0.4, 0.5) is 0 Å². The molecule has 0 aromatic carbocycles. The molecule has 2 heterocycles. The van der Waals surface area contributed by atoms with Gasteiger partial charge in [0, 0.05) is 19.2 Å². The van der Waals surface area contributed by atoms with Crippen LogP contribution in [-0.2, 0) is 7.05 Å². The number of hydrogen-bond acceptors (Lipinski definition) is 4. The van der Waals surface area contributed by atoms with E-state index in [0.29, 0.717) is 11.3 Å². The summed E-state index contributed by atoms with van der Waals surface area (Å²) in [6, 6.07) is 2.14. The van der Waals surface area contributed by atoms with E-state index < -0.39 is 0 Å². The van der Waals surface area contributed by atoms with Gasteiger partial charge in [0.1, 0.15) is 6.07 Å². The summed E-state index contributed by atoms with van der Waals surface area (Å²) in [5, 5.41) is 9.10. The number of rotatable bonds is 1. The summed E-state index contributed by atoms with van der Waals surface area (Å²) in [4.78, 5) is 17.9. The molecule has 90 valence electrons. The first-order valence-electron chi connectivity index (χ1n) is 5.78. The second kappa shape index (κ2) is 4.68. The number of nitrogens with zero attached hydrogens (tertiary/aromatic N) is 4. The van der Waals surface area contributed by atoms with Crippen molar-refractivity contribution in [1.29, 1.82) is 5.26 Å². The van der Waals surface area contributed by atoms with E-state index in [0.717, 1.165) is 25.9 Å². The Morgan fingerprint density at radius 2 is 2.06 bits per heavy atom. The molecule has 2 rings (SSSR count). The number of nitriles is 1. The van der Waals surface area contributed by atoms with Crippen LogP contribution in [0.25, 0.3) is 0 Å². The summed E-state index contributed by atoms with van der Waals surface area (Å²) in [6.07, 6.45) is 3.51. The molecule has 1 fully saturated rings. The van der Waals surface area contributed by atoms with Crippen LogP contribution in [0, 0.1) is 11.3 Å². The smallest absolute Gasteiger partial charge is 0.306 e. The first-order chi connectivity index (χ1) is 8.11. The number of piperidine rings is 1. The molecule has 0 atom stereocenters. The van der Waals surface area contributed by atoms with Gasteiger partial charge >= 0.3 is 5.69 Å². The van der Waals surface area contributed by atoms with E-state index in [1.165, 1.54) is 4.57 Å². The van der Waals surface area contributed by atoms with Crippen molar-refractivity contribution in [2.75, 3.05) is 20.1 Å². The fraction of sp³-hybridized carbons (Fsp3) is 0.583. The topological polar surface area (TPSA) is 61.9 Å². The van der Waals surface area contributed by atoms with Crippen LogP contribution in [0.1, 0.15) is 30.0 Å². The Kier molecular flexibility index (Phi) is 3.25. The summed E-state index contributed by atoms with van der Waals surface area (Å²) in [7, 11) is 3.70. The Morgan fingerprint density at radius 1 is 1.41 bits per heavy atom. The summed E-state index contributed by atoms with van der Waals surface area (Å²) in [6.45, 7) is 1.98.